The molecule has 98 valence electrons. The number of benzene rings is 2. The second-order valence-corrected chi connectivity index (χ2v) is 5.23. The highest BCUT2D eigenvalue weighted by atomic mass is 79.9. The molecular weight excluding hydrogens is 309 g/mol. The Labute approximate surface area is 119 Å². The monoisotopic (exact) mass is 321 g/mol. The van der Waals surface area contributed by atoms with Gasteiger partial charge < -0.3 is 5.32 Å². The third-order valence-electron chi connectivity index (χ3n) is 2.81. The quantitative estimate of drug-likeness (QED) is 0.869. The molecule has 2 nitrogen and oxygen atoms in total. The molecule has 2 aromatic rings. The van der Waals surface area contributed by atoms with Crippen LogP contribution < -0.4 is 5.32 Å². The molecule has 4 heteroatoms. The Hall–Kier alpha value is -1.68. The maximum Gasteiger partial charge on any atom is 0.256 e. The normalized spacial score (nSPS) is 10.3. The van der Waals surface area contributed by atoms with Crippen LogP contribution in [0.25, 0.3) is 0 Å². The number of hydrogen-bond donors (Lipinski definition) is 1. The third-order valence-corrected chi connectivity index (χ3v) is 3.50. The van der Waals surface area contributed by atoms with Crippen molar-refractivity contribution in [1.82, 2.24) is 0 Å². The van der Waals surface area contributed by atoms with Gasteiger partial charge in [0.25, 0.3) is 5.91 Å². The van der Waals surface area contributed by atoms with E-state index in [1.165, 1.54) is 0 Å². The SMILES string of the molecule is Cc1ccc(Br)c(C(=O)Nc2cccc(C)c2F)c1. The average molecular weight is 322 g/mol. The molecule has 2 rings (SSSR count). The highest BCUT2D eigenvalue weighted by molar-refractivity contribution is 9.10. The second-order valence-electron chi connectivity index (χ2n) is 4.37. The molecule has 0 aliphatic carbocycles. The van der Waals surface area contributed by atoms with Crippen LogP contribution in [0.15, 0.2) is 40.9 Å². The maximum absolute atomic E-state index is 13.8. The van der Waals surface area contributed by atoms with Crippen molar-refractivity contribution < 1.29 is 9.18 Å². The molecule has 1 N–H and O–H groups in total. The van der Waals surface area contributed by atoms with E-state index in [0.717, 1.165) is 5.56 Å². The summed E-state index contributed by atoms with van der Waals surface area (Å²) in [6, 6.07) is 10.4. The summed E-state index contributed by atoms with van der Waals surface area (Å²) in [6.45, 7) is 3.56. The summed E-state index contributed by atoms with van der Waals surface area (Å²) in [7, 11) is 0. The minimum absolute atomic E-state index is 0.193. The van der Waals surface area contributed by atoms with E-state index in [0.29, 0.717) is 15.6 Å². The molecule has 0 unspecified atom stereocenters. The van der Waals surface area contributed by atoms with E-state index < -0.39 is 5.82 Å². The van der Waals surface area contributed by atoms with Gasteiger partial charge in [0, 0.05) is 4.47 Å². The number of halogens is 2. The van der Waals surface area contributed by atoms with Gasteiger partial charge in [-0.25, -0.2) is 4.39 Å². The zero-order valence-corrected chi connectivity index (χ0v) is 12.2. The Bertz CT molecular complexity index is 640. The van der Waals surface area contributed by atoms with Crippen LogP contribution in [0.3, 0.4) is 0 Å². The Morgan fingerprint density at radius 3 is 2.68 bits per heavy atom. The van der Waals surface area contributed by atoms with Gasteiger partial charge in [-0.15, -0.1) is 0 Å². The highest BCUT2D eigenvalue weighted by Crippen LogP contribution is 2.22. The highest BCUT2D eigenvalue weighted by Gasteiger charge is 2.13. The van der Waals surface area contributed by atoms with Crippen molar-refractivity contribution in [3.8, 4) is 0 Å². The van der Waals surface area contributed by atoms with Crippen LogP contribution in [0.5, 0.6) is 0 Å². The molecule has 0 saturated heterocycles. The lowest BCUT2D eigenvalue weighted by Crippen LogP contribution is -2.14. The predicted octanol–water partition coefficient (Wildman–Crippen LogP) is 4.46. The van der Waals surface area contributed by atoms with Crippen LogP contribution in [0.2, 0.25) is 0 Å². The summed E-state index contributed by atoms with van der Waals surface area (Å²) in [6.07, 6.45) is 0. The van der Waals surface area contributed by atoms with Crippen LogP contribution in [-0.4, -0.2) is 5.91 Å². The van der Waals surface area contributed by atoms with Crippen molar-refractivity contribution in [3.63, 3.8) is 0 Å². The molecule has 2 aromatic carbocycles. The fourth-order valence-corrected chi connectivity index (χ4v) is 2.17. The molecule has 0 bridgehead atoms. The fourth-order valence-electron chi connectivity index (χ4n) is 1.75. The zero-order valence-electron chi connectivity index (χ0n) is 10.6. The summed E-state index contributed by atoms with van der Waals surface area (Å²) >= 11 is 3.32. The first-order chi connectivity index (χ1) is 8.99. The number of hydrogen-bond acceptors (Lipinski definition) is 1. The molecule has 0 saturated carbocycles. The van der Waals surface area contributed by atoms with E-state index in [4.69, 9.17) is 0 Å². The molecule has 0 aliphatic heterocycles. The van der Waals surface area contributed by atoms with Crippen molar-refractivity contribution in [2.75, 3.05) is 5.32 Å². The first-order valence-corrected chi connectivity index (χ1v) is 6.61. The van der Waals surface area contributed by atoms with Gasteiger partial charge in [-0.2, -0.15) is 0 Å². The Morgan fingerprint density at radius 1 is 1.21 bits per heavy atom. The summed E-state index contributed by atoms with van der Waals surface area (Å²) in [5.41, 5.74) is 2.15. The maximum atomic E-state index is 13.8. The van der Waals surface area contributed by atoms with Crippen molar-refractivity contribution in [1.29, 1.82) is 0 Å². The van der Waals surface area contributed by atoms with Crippen LogP contribution in [0.4, 0.5) is 10.1 Å². The van der Waals surface area contributed by atoms with Crippen LogP contribution in [0.1, 0.15) is 21.5 Å². The topological polar surface area (TPSA) is 29.1 Å². The lowest BCUT2D eigenvalue weighted by Gasteiger charge is -2.09. The van der Waals surface area contributed by atoms with E-state index in [9.17, 15) is 9.18 Å². The van der Waals surface area contributed by atoms with E-state index in [1.54, 1.807) is 37.3 Å². The van der Waals surface area contributed by atoms with Crippen LogP contribution in [-0.2, 0) is 0 Å². The van der Waals surface area contributed by atoms with Crippen LogP contribution >= 0.6 is 15.9 Å². The lowest BCUT2D eigenvalue weighted by molar-refractivity contribution is 0.102. The van der Waals surface area contributed by atoms with E-state index >= 15 is 0 Å². The van der Waals surface area contributed by atoms with Gasteiger partial charge in [0.1, 0.15) is 5.82 Å². The second kappa shape index (κ2) is 5.53. The third kappa shape index (κ3) is 3.01. The van der Waals surface area contributed by atoms with Gasteiger partial charge in [-0.3, -0.25) is 4.79 Å². The van der Waals surface area contributed by atoms with E-state index in [2.05, 4.69) is 21.2 Å². The molecule has 0 aliphatic rings. The molecule has 0 spiro atoms. The van der Waals surface area contributed by atoms with Gasteiger partial charge in [-0.05, 0) is 53.5 Å². The lowest BCUT2D eigenvalue weighted by atomic mass is 10.1. The molecule has 0 atom stereocenters. The minimum atomic E-state index is -0.403. The van der Waals surface area contributed by atoms with E-state index in [-0.39, 0.29) is 11.6 Å². The molecule has 19 heavy (non-hydrogen) atoms. The largest absolute Gasteiger partial charge is 0.319 e. The van der Waals surface area contributed by atoms with Crippen molar-refractivity contribution >= 4 is 27.5 Å². The first-order valence-electron chi connectivity index (χ1n) is 5.81. The van der Waals surface area contributed by atoms with Gasteiger partial charge in [0.15, 0.2) is 0 Å². The molecular formula is C15H13BrFNO. The van der Waals surface area contributed by atoms with Gasteiger partial charge in [-0.1, -0.05) is 23.8 Å². The number of carbonyl (C=O) groups is 1. The Balaban J connectivity index is 2.31. The Morgan fingerprint density at radius 2 is 1.95 bits per heavy atom. The molecule has 0 fully saturated rings. The van der Waals surface area contributed by atoms with Gasteiger partial charge >= 0.3 is 0 Å². The van der Waals surface area contributed by atoms with Crippen molar-refractivity contribution in [2.45, 2.75) is 13.8 Å². The van der Waals surface area contributed by atoms with Crippen LogP contribution in [0, 0.1) is 19.7 Å². The average Bonchev–Trinajstić information content (AvgIpc) is 2.38. The smallest absolute Gasteiger partial charge is 0.256 e. The minimum Gasteiger partial charge on any atom is -0.319 e. The van der Waals surface area contributed by atoms with Crippen molar-refractivity contribution in [3.05, 3.63) is 63.4 Å². The number of rotatable bonds is 2. The first kappa shape index (κ1) is 13.7. The van der Waals surface area contributed by atoms with Gasteiger partial charge in [0.05, 0.1) is 11.3 Å². The molecule has 0 heterocycles. The Kier molecular flexibility index (Phi) is 4.00. The molecule has 1 amide bonds. The zero-order chi connectivity index (χ0) is 14.0. The number of carbonyl (C=O) groups excluding carboxylic acids is 1. The molecule has 0 radical (unpaired) electrons. The summed E-state index contributed by atoms with van der Waals surface area (Å²) in [4.78, 5) is 12.1. The summed E-state index contributed by atoms with van der Waals surface area (Å²) < 4.78 is 14.5. The number of aryl methyl sites for hydroxylation is 2. The fraction of sp³-hybridized carbons (Fsp3) is 0.133. The summed E-state index contributed by atoms with van der Waals surface area (Å²) in [5.74, 6) is -0.736. The predicted molar refractivity (Wildman–Crippen MR) is 78.0 cm³/mol. The number of anilines is 1. The number of amides is 1. The molecule has 0 aromatic heterocycles. The summed E-state index contributed by atoms with van der Waals surface area (Å²) in [5, 5.41) is 2.59. The number of nitrogens with one attached hydrogen (secondary N) is 1. The van der Waals surface area contributed by atoms with Crippen molar-refractivity contribution in [2.24, 2.45) is 0 Å². The standard InChI is InChI=1S/C15H13BrFNO/c1-9-6-7-12(16)11(8-9)15(19)18-13-5-3-4-10(2)14(13)17/h3-8H,1-2H3,(H,18,19). The van der Waals surface area contributed by atoms with E-state index in [1.807, 2.05) is 13.0 Å². The van der Waals surface area contributed by atoms with Gasteiger partial charge in [0.2, 0.25) is 0 Å².